The molecule has 3 rings (SSSR count). The van der Waals surface area contributed by atoms with Crippen LogP contribution in [0.25, 0.3) is 0 Å². The summed E-state index contributed by atoms with van der Waals surface area (Å²) >= 11 is 0. The molecule has 1 aliphatic heterocycles. The molecule has 1 saturated carbocycles. The molecule has 2 aliphatic rings. The lowest BCUT2D eigenvalue weighted by molar-refractivity contribution is -0.274. The molecule has 1 amide bonds. The van der Waals surface area contributed by atoms with Crippen molar-refractivity contribution in [1.29, 1.82) is 0 Å². The minimum atomic E-state index is -4.73. The largest absolute Gasteiger partial charge is 0.573 e. The van der Waals surface area contributed by atoms with Crippen molar-refractivity contribution in [2.75, 3.05) is 11.4 Å². The van der Waals surface area contributed by atoms with Crippen LogP contribution in [0.1, 0.15) is 25.7 Å². The molecule has 1 aromatic heterocycles. The molecule has 2 fully saturated rings. The Kier molecular flexibility index (Phi) is 3.84. The Balaban J connectivity index is 1.67. The van der Waals surface area contributed by atoms with E-state index in [1.54, 1.807) is 0 Å². The van der Waals surface area contributed by atoms with E-state index in [0.717, 1.165) is 31.9 Å². The summed E-state index contributed by atoms with van der Waals surface area (Å²) in [4.78, 5) is 18.0. The van der Waals surface area contributed by atoms with Gasteiger partial charge in [0.2, 0.25) is 5.91 Å². The van der Waals surface area contributed by atoms with Crippen LogP contribution in [0.5, 0.6) is 5.75 Å². The number of ether oxygens (including phenoxy) is 1. The highest BCUT2D eigenvalue weighted by atomic mass is 19.4. The Labute approximate surface area is 125 Å². The number of alkyl halides is 3. The van der Waals surface area contributed by atoms with Gasteiger partial charge >= 0.3 is 6.36 Å². The highest BCUT2D eigenvalue weighted by molar-refractivity contribution is 5.86. The van der Waals surface area contributed by atoms with E-state index in [0.29, 0.717) is 12.4 Å². The van der Waals surface area contributed by atoms with Gasteiger partial charge in [-0.1, -0.05) is 0 Å². The number of pyridine rings is 1. The summed E-state index contributed by atoms with van der Waals surface area (Å²) in [6, 6.07) is 2.64. The van der Waals surface area contributed by atoms with Gasteiger partial charge in [-0.05, 0) is 37.8 Å². The zero-order chi connectivity index (χ0) is 15.7. The molecule has 0 bridgehead atoms. The Bertz CT molecular complexity index is 543. The molecule has 22 heavy (non-hydrogen) atoms. The van der Waals surface area contributed by atoms with Crippen molar-refractivity contribution in [1.82, 2.24) is 10.3 Å². The van der Waals surface area contributed by atoms with Crippen LogP contribution in [-0.4, -0.2) is 35.9 Å². The van der Waals surface area contributed by atoms with E-state index in [-0.39, 0.29) is 23.7 Å². The minimum absolute atomic E-state index is 0.0302. The molecule has 0 radical (unpaired) electrons. The highest BCUT2D eigenvalue weighted by Gasteiger charge is 2.35. The number of hydrogen-bond donors (Lipinski definition) is 1. The third kappa shape index (κ3) is 3.61. The fraction of sp³-hybridized carbons (Fsp3) is 0.571. The standard InChI is InChI=1S/C14H16F3N3O2/c15-14(16,17)22-10-5-6-12(18-8-10)20-7-1-2-11(20)13(21)19-9-3-4-9/h5-6,8-9,11H,1-4,7H2,(H,19,21). The summed E-state index contributed by atoms with van der Waals surface area (Å²) < 4.78 is 40.2. The molecule has 2 heterocycles. The number of carbonyl (C=O) groups excluding carboxylic acids is 1. The van der Waals surface area contributed by atoms with Crippen LogP contribution in [0.2, 0.25) is 0 Å². The molecule has 120 valence electrons. The lowest BCUT2D eigenvalue weighted by atomic mass is 10.2. The van der Waals surface area contributed by atoms with Crippen molar-refractivity contribution in [2.45, 2.75) is 44.1 Å². The van der Waals surface area contributed by atoms with Gasteiger partial charge in [0.1, 0.15) is 17.6 Å². The smallest absolute Gasteiger partial charge is 0.404 e. The summed E-state index contributed by atoms with van der Waals surface area (Å²) in [7, 11) is 0. The molecule has 1 aromatic rings. The lowest BCUT2D eigenvalue weighted by Crippen LogP contribution is -2.44. The third-order valence-corrected chi connectivity index (χ3v) is 3.73. The molecule has 5 nitrogen and oxygen atoms in total. The third-order valence-electron chi connectivity index (χ3n) is 3.73. The average Bonchev–Trinajstić information content (AvgIpc) is 3.11. The molecular weight excluding hydrogens is 299 g/mol. The second-order valence-electron chi connectivity index (χ2n) is 5.53. The number of aromatic nitrogens is 1. The first-order chi connectivity index (χ1) is 10.4. The molecule has 0 spiro atoms. The Morgan fingerprint density at radius 3 is 2.68 bits per heavy atom. The second kappa shape index (κ2) is 5.66. The van der Waals surface area contributed by atoms with E-state index in [4.69, 9.17) is 0 Å². The quantitative estimate of drug-likeness (QED) is 0.926. The molecule has 0 aromatic carbocycles. The zero-order valence-electron chi connectivity index (χ0n) is 11.8. The van der Waals surface area contributed by atoms with E-state index in [1.807, 2.05) is 4.90 Å². The van der Waals surface area contributed by atoms with Crippen molar-refractivity contribution >= 4 is 11.7 Å². The first kappa shape index (κ1) is 14.9. The molecule has 1 N–H and O–H groups in total. The van der Waals surface area contributed by atoms with Gasteiger partial charge in [-0.15, -0.1) is 13.2 Å². The van der Waals surface area contributed by atoms with Crippen LogP contribution in [-0.2, 0) is 4.79 Å². The number of hydrogen-bond acceptors (Lipinski definition) is 4. The summed E-state index contributed by atoms with van der Waals surface area (Å²) in [5.41, 5.74) is 0. The predicted molar refractivity (Wildman–Crippen MR) is 72.5 cm³/mol. The van der Waals surface area contributed by atoms with E-state index in [1.165, 1.54) is 12.1 Å². The van der Waals surface area contributed by atoms with E-state index in [2.05, 4.69) is 15.0 Å². The summed E-state index contributed by atoms with van der Waals surface area (Å²) in [6.07, 6.45) is -0.104. The van der Waals surface area contributed by atoms with Gasteiger partial charge in [-0.3, -0.25) is 4.79 Å². The number of amides is 1. The zero-order valence-corrected chi connectivity index (χ0v) is 11.8. The average molecular weight is 315 g/mol. The van der Waals surface area contributed by atoms with Gasteiger partial charge in [-0.25, -0.2) is 4.98 Å². The highest BCUT2D eigenvalue weighted by Crippen LogP contribution is 2.28. The molecule has 8 heteroatoms. The monoisotopic (exact) mass is 315 g/mol. The number of anilines is 1. The molecule has 1 unspecified atom stereocenters. The van der Waals surface area contributed by atoms with Gasteiger partial charge < -0.3 is 15.0 Å². The summed E-state index contributed by atoms with van der Waals surface area (Å²) in [6.45, 7) is 0.662. The maximum atomic E-state index is 12.2. The Hall–Kier alpha value is -1.99. The van der Waals surface area contributed by atoms with Crippen molar-refractivity contribution in [3.63, 3.8) is 0 Å². The van der Waals surface area contributed by atoms with Crippen molar-refractivity contribution in [3.05, 3.63) is 18.3 Å². The van der Waals surface area contributed by atoms with E-state index < -0.39 is 6.36 Å². The number of halogens is 3. The fourth-order valence-electron chi connectivity index (χ4n) is 2.57. The number of rotatable bonds is 4. The van der Waals surface area contributed by atoms with Gasteiger partial charge in [0.05, 0.1) is 6.20 Å². The predicted octanol–water partition coefficient (Wildman–Crippen LogP) is 2.23. The lowest BCUT2D eigenvalue weighted by Gasteiger charge is -2.25. The van der Waals surface area contributed by atoms with Crippen LogP contribution in [0.3, 0.4) is 0 Å². The minimum Gasteiger partial charge on any atom is -0.404 e. The topological polar surface area (TPSA) is 54.5 Å². The van der Waals surface area contributed by atoms with Crippen LogP contribution in [0.4, 0.5) is 19.0 Å². The second-order valence-corrected chi connectivity index (χ2v) is 5.53. The first-order valence-electron chi connectivity index (χ1n) is 7.21. The van der Waals surface area contributed by atoms with Gasteiger partial charge in [0, 0.05) is 12.6 Å². The SMILES string of the molecule is O=C(NC1CC1)C1CCCN1c1ccc(OC(F)(F)F)cn1. The normalized spacial score (nSPS) is 21.8. The van der Waals surface area contributed by atoms with Crippen molar-refractivity contribution < 1.29 is 22.7 Å². The van der Waals surface area contributed by atoms with Crippen LogP contribution in [0, 0.1) is 0 Å². The summed E-state index contributed by atoms with van der Waals surface area (Å²) in [5, 5.41) is 2.96. The van der Waals surface area contributed by atoms with Gasteiger partial charge in [0.15, 0.2) is 0 Å². The molecule has 1 saturated heterocycles. The Morgan fingerprint density at radius 1 is 1.32 bits per heavy atom. The molecule has 1 atom stereocenters. The van der Waals surface area contributed by atoms with Crippen LogP contribution in [0.15, 0.2) is 18.3 Å². The van der Waals surface area contributed by atoms with Gasteiger partial charge in [-0.2, -0.15) is 0 Å². The molecule has 1 aliphatic carbocycles. The van der Waals surface area contributed by atoms with Crippen LogP contribution < -0.4 is 15.0 Å². The number of carbonyl (C=O) groups is 1. The van der Waals surface area contributed by atoms with Crippen LogP contribution >= 0.6 is 0 Å². The van der Waals surface area contributed by atoms with E-state index >= 15 is 0 Å². The van der Waals surface area contributed by atoms with E-state index in [9.17, 15) is 18.0 Å². The molecular formula is C14H16F3N3O2. The van der Waals surface area contributed by atoms with Crippen molar-refractivity contribution in [3.8, 4) is 5.75 Å². The van der Waals surface area contributed by atoms with Crippen molar-refractivity contribution in [2.24, 2.45) is 0 Å². The maximum Gasteiger partial charge on any atom is 0.573 e. The van der Waals surface area contributed by atoms with Gasteiger partial charge in [0.25, 0.3) is 0 Å². The summed E-state index contributed by atoms with van der Waals surface area (Å²) in [5.74, 6) is 0.0924. The fourth-order valence-corrected chi connectivity index (χ4v) is 2.57. The number of nitrogens with one attached hydrogen (secondary N) is 1. The first-order valence-corrected chi connectivity index (χ1v) is 7.21. The Morgan fingerprint density at radius 2 is 2.09 bits per heavy atom. The number of nitrogens with zero attached hydrogens (tertiary/aromatic N) is 2. The maximum absolute atomic E-state index is 12.2.